The fraction of sp³-hybridized carbons (Fsp3) is 0.929. The van der Waals surface area contributed by atoms with Gasteiger partial charge in [0.25, 0.3) is 0 Å². The Morgan fingerprint density at radius 1 is 1.06 bits per heavy atom. The van der Waals surface area contributed by atoms with Gasteiger partial charge < -0.3 is 10.1 Å². The van der Waals surface area contributed by atoms with Crippen LogP contribution >= 0.6 is 0 Å². The molecule has 1 N–H and O–H groups in total. The molecule has 0 bridgehead atoms. The number of Topliss-reactive ketones (excluding diaryl/α,β-unsaturated/α-hetero) is 1. The predicted molar refractivity (Wildman–Crippen MR) is 72.8 cm³/mol. The number of hydrogen-bond donors (Lipinski definition) is 1. The zero-order chi connectivity index (χ0) is 13.0. The molecule has 0 amide bonds. The van der Waals surface area contributed by atoms with Crippen LogP contribution in [0, 0.1) is 5.92 Å². The van der Waals surface area contributed by atoms with Crippen LogP contribution in [0.15, 0.2) is 0 Å². The van der Waals surface area contributed by atoms with E-state index in [0.717, 1.165) is 6.42 Å². The van der Waals surface area contributed by atoms with Gasteiger partial charge in [-0.25, -0.2) is 0 Å². The van der Waals surface area contributed by atoms with Crippen LogP contribution in [-0.2, 0) is 4.79 Å². The Bertz CT molecular complexity index is 149. The highest BCUT2D eigenvalue weighted by molar-refractivity contribution is 5.75. The predicted octanol–water partition coefficient (Wildman–Crippen LogP) is 3.80. The van der Waals surface area contributed by atoms with Crippen molar-refractivity contribution in [2.75, 3.05) is 7.05 Å². The van der Waals surface area contributed by atoms with Gasteiger partial charge in [0.2, 0.25) is 0 Å². The summed E-state index contributed by atoms with van der Waals surface area (Å²) < 4.78 is 0. The summed E-state index contributed by atoms with van der Waals surface area (Å²) in [6.07, 6.45) is 5.75. The fourth-order valence-corrected chi connectivity index (χ4v) is 2.06. The lowest BCUT2D eigenvalue weighted by Gasteiger charge is -2.27. The average molecular weight is 229 g/mol. The van der Waals surface area contributed by atoms with Crippen LogP contribution in [0.4, 0.5) is 0 Å². The molecule has 2 heteroatoms. The lowest BCUT2D eigenvalue weighted by molar-refractivity contribution is -0.118. The molecule has 0 heterocycles. The van der Waals surface area contributed by atoms with Gasteiger partial charge >= 0.3 is 0 Å². The molecule has 0 unspecified atom stereocenters. The first-order chi connectivity index (χ1) is 7.72. The van der Waals surface area contributed by atoms with Crippen LogP contribution in [0.25, 0.3) is 0 Å². The number of ketones is 1. The molecule has 1 aliphatic rings. The number of hydrogen-bond acceptors (Lipinski definition) is 2. The lowest BCUT2D eigenvalue weighted by Crippen LogP contribution is -2.30. The summed E-state index contributed by atoms with van der Waals surface area (Å²) in [5.74, 6) is 1.02. The van der Waals surface area contributed by atoms with E-state index in [9.17, 15) is 4.79 Å². The van der Waals surface area contributed by atoms with Crippen LogP contribution in [0.3, 0.4) is 0 Å². The Morgan fingerprint density at radius 2 is 1.50 bits per heavy atom. The van der Waals surface area contributed by atoms with E-state index in [0.29, 0.717) is 17.7 Å². The average Bonchev–Trinajstić information content (AvgIpc) is 2.34. The quantitative estimate of drug-likeness (QED) is 0.797. The summed E-state index contributed by atoms with van der Waals surface area (Å²) in [6.45, 7) is 9.70. The molecule has 0 aromatic carbocycles. The molecule has 1 rings (SSSR count). The maximum Gasteiger partial charge on any atom is 0.130 e. The third-order valence-electron chi connectivity index (χ3n) is 2.83. The second kappa shape index (κ2) is 12.7. The number of rotatable bonds is 3. The molecular weight excluding hydrogens is 198 g/mol. The zero-order valence-electron chi connectivity index (χ0n) is 12.1. The first-order valence-electron chi connectivity index (χ1n) is 6.89. The summed E-state index contributed by atoms with van der Waals surface area (Å²) in [7, 11) is 2.02. The first-order valence-corrected chi connectivity index (χ1v) is 6.89. The topological polar surface area (TPSA) is 29.1 Å². The summed E-state index contributed by atoms with van der Waals surface area (Å²) in [5, 5.41) is 3.29. The third-order valence-corrected chi connectivity index (χ3v) is 2.83. The van der Waals surface area contributed by atoms with Crippen LogP contribution in [0.1, 0.15) is 66.7 Å². The van der Waals surface area contributed by atoms with Crippen LogP contribution in [0.5, 0.6) is 0 Å². The molecule has 0 aromatic heterocycles. The minimum atomic E-state index is 0.350. The molecule has 0 aliphatic heterocycles. The number of carbonyl (C=O) groups is 1. The molecule has 0 atom stereocenters. The molecule has 16 heavy (non-hydrogen) atoms. The molecule has 98 valence electrons. The summed E-state index contributed by atoms with van der Waals surface area (Å²) >= 11 is 0. The molecule has 0 saturated heterocycles. The smallest absolute Gasteiger partial charge is 0.130 e. The molecule has 0 spiro atoms. The van der Waals surface area contributed by atoms with Gasteiger partial charge in [0, 0.05) is 12.5 Å². The molecule has 0 aromatic rings. The van der Waals surface area contributed by atoms with E-state index in [4.69, 9.17) is 0 Å². The summed E-state index contributed by atoms with van der Waals surface area (Å²) in [5.41, 5.74) is 0. The minimum absolute atomic E-state index is 0.350. The Morgan fingerprint density at radius 3 is 1.81 bits per heavy atom. The Balaban J connectivity index is 0. The summed E-state index contributed by atoms with van der Waals surface area (Å²) in [4.78, 5) is 10.8. The van der Waals surface area contributed by atoms with Gasteiger partial charge in [-0.05, 0) is 45.6 Å². The highest BCUT2D eigenvalue weighted by Crippen LogP contribution is 2.26. The van der Waals surface area contributed by atoms with Crippen molar-refractivity contribution in [2.45, 2.75) is 72.8 Å². The van der Waals surface area contributed by atoms with Crippen molar-refractivity contribution in [1.82, 2.24) is 5.32 Å². The van der Waals surface area contributed by atoms with Crippen molar-refractivity contribution in [3.63, 3.8) is 0 Å². The third kappa shape index (κ3) is 8.90. The van der Waals surface area contributed by atoms with Gasteiger partial charge in [-0.3, -0.25) is 0 Å². The summed E-state index contributed by atoms with van der Waals surface area (Å²) in [6, 6.07) is 0.702. The standard InChI is InChI=1S/C10H19NO.2C2H6/c1-8(12)7-9-3-5-10(11-2)6-4-9;2*1-2/h9-11H,3-7H2,1-2H3;2*1-2H3. The van der Waals surface area contributed by atoms with E-state index in [1.165, 1.54) is 25.7 Å². The van der Waals surface area contributed by atoms with Gasteiger partial charge in [0.15, 0.2) is 0 Å². The molecule has 1 saturated carbocycles. The second-order valence-corrected chi connectivity index (χ2v) is 3.91. The van der Waals surface area contributed by atoms with Crippen molar-refractivity contribution >= 4 is 5.78 Å². The SMILES string of the molecule is CC.CC.CNC1CCC(CC(C)=O)CC1. The highest BCUT2D eigenvalue weighted by Gasteiger charge is 2.20. The van der Waals surface area contributed by atoms with Crippen molar-refractivity contribution in [3.8, 4) is 0 Å². The molecule has 2 nitrogen and oxygen atoms in total. The zero-order valence-corrected chi connectivity index (χ0v) is 12.1. The lowest BCUT2D eigenvalue weighted by atomic mass is 9.83. The molecule has 1 fully saturated rings. The Kier molecular flexibility index (Phi) is 14.3. The second-order valence-electron chi connectivity index (χ2n) is 3.91. The molecular formula is C14H31NO. The van der Waals surface area contributed by atoms with Gasteiger partial charge in [-0.15, -0.1) is 0 Å². The van der Waals surface area contributed by atoms with Gasteiger partial charge in [0.05, 0.1) is 0 Å². The van der Waals surface area contributed by atoms with Crippen molar-refractivity contribution in [2.24, 2.45) is 5.92 Å². The van der Waals surface area contributed by atoms with E-state index in [1.807, 2.05) is 34.7 Å². The minimum Gasteiger partial charge on any atom is -0.317 e. The van der Waals surface area contributed by atoms with Crippen molar-refractivity contribution in [1.29, 1.82) is 0 Å². The van der Waals surface area contributed by atoms with Crippen molar-refractivity contribution in [3.05, 3.63) is 0 Å². The van der Waals surface area contributed by atoms with E-state index in [1.54, 1.807) is 6.92 Å². The highest BCUT2D eigenvalue weighted by atomic mass is 16.1. The van der Waals surface area contributed by atoms with Crippen molar-refractivity contribution < 1.29 is 4.79 Å². The van der Waals surface area contributed by atoms with E-state index in [2.05, 4.69) is 5.32 Å². The largest absolute Gasteiger partial charge is 0.317 e. The van der Waals surface area contributed by atoms with E-state index in [-0.39, 0.29) is 0 Å². The molecule has 0 radical (unpaired) electrons. The van der Waals surface area contributed by atoms with Crippen LogP contribution < -0.4 is 5.32 Å². The Labute approximate surface area is 102 Å². The first kappa shape index (κ1) is 18.0. The van der Waals surface area contributed by atoms with E-state index >= 15 is 0 Å². The monoisotopic (exact) mass is 229 g/mol. The number of nitrogens with one attached hydrogen (secondary N) is 1. The maximum absolute atomic E-state index is 10.8. The van der Waals surface area contributed by atoms with E-state index < -0.39 is 0 Å². The van der Waals surface area contributed by atoms with Crippen LogP contribution in [0.2, 0.25) is 0 Å². The van der Waals surface area contributed by atoms with Gasteiger partial charge in [-0.1, -0.05) is 27.7 Å². The molecule has 1 aliphatic carbocycles. The normalized spacial score (nSPS) is 23.4. The van der Waals surface area contributed by atoms with Gasteiger partial charge in [-0.2, -0.15) is 0 Å². The fourth-order valence-electron chi connectivity index (χ4n) is 2.06. The maximum atomic E-state index is 10.8. The van der Waals surface area contributed by atoms with Gasteiger partial charge in [0.1, 0.15) is 5.78 Å². The Hall–Kier alpha value is -0.370. The number of carbonyl (C=O) groups excluding carboxylic acids is 1. The van der Waals surface area contributed by atoms with Crippen LogP contribution in [-0.4, -0.2) is 18.9 Å².